The van der Waals surface area contributed by atoms with E-state index in [1.165, 1.54) is 19.4 Å². The summed E-state index contributed by atoms with van der Waals surface area (Å²) in [5.74, 6) is 0.431. The van der Waals surface area contributed by atoms with Crippen LogP contribution in [-0.4, -0.2) is 40.2 Å². The molecule has 1 atom stereocenters. The SMILES string of the molecule is CNc1ncc(S(=O)(=O)NCC(C)OC)cc1Cl. The molecular formula is C10H16ClN3O3S. The van der Waals surface area contributed by atoms with E-state index in [1.807, 2.05) is 0 Å². The number of hydrogen-bond acceptors (Lipinski definition) is 5. The average molecular weight is 294 g/mol. The normalized spacial score (nSPS) is 13.3. The van der Waals surface area contributed by atoms with Gasteiger partial charge in [0.15, 0.2) is 0 Å². The van der Waals surface area contributed by atoms with E-state index in [0.29, 0.717) is 5.82 Å². The predicted molar refractivity (Wildman–Crippen MR) is 70.5 cm³/mol. The van der Waals surface area contributed by atoms with Gasteiger partial charge in [-0.3, -0.25) is 0 Å². The number of anilines is 1. The second-order valence-electron chi connectivity index (χ2n) is 3.65. The zero-order chi connectivity index (χ0) is 13.8. The van der Waals surface area contributed by atoms with Crippen molar-refractivity contribution in [3.05, 3.63) is 17.3 Å². The smallest absolute Gasteiger partial charge is 0.242 e. The third-order valence-electron chi connectivity index (χ3n) is 2.33. The molecule has 0 saturated carbocycles. The summed E-state index contributed by atoms with van der Waals surface area (Å²) >= 11 is 5.88. The van der Waals surface area contributed by atoms with Crippen LogP contribution >= 0.6 is 11.6 Å². The first-order valence-electron chi connectivity index (χ1n) is 5.26. The van der Waals surface area contributed by atoms with Crippen LogP contribution in [0.1, 0.15) is 6.92 Å². The average Bonchev–Trinajstić information content (AvgIpc) is 2.35. The number of rotatable bonds is 6. The minimum atomic E-state index is -3.62. The minimum absolute atomic E-state index is 0.0230. The highest BCUT2D eigenvalue weighted by Crippen LogP contribution is 2.21. The van der Waals surface area contributed by atoms with Crippen LogP contribution in [0.15, 0.2) is 17.2 Å². The Kier molecular flexibility index (Phi) is 5.33. The quantitative estimate of drug-likeness (QED) is 0.821. The molecule has 0 aliphatic heterocycles. The molecule has 102 valence electrons. The lowest BCUT2D eigenvalue weighted by atomic mass is 10.4. The zero-order valence-corrected chi connectivity index (χ0v) is 12.0. The molecule has 0 radical (unpaired) electrons. The van der Waals surface area contributed by atoms with Gasteiger partial charge in [-0.15, -0.1) is 0 Å². The van der Waals surface area contributed by atoms with Crippen LogP contribution in [0.4, 0.5) is 5.82 Å². The van der Waals surface area contributed by atoms with Crippen molar-refractivity contribution in [2.45, 2.75) is 17.9 Å². The highest BCUT2D eigenvalue weighted by molar-refractivity contribution is 7.89. The minimum Gasteiger partial charge on any atom is -0.380 e. The Balaban J connectivity index is 2.88. The predicted octanol–water partition coefficient (Wildman–Crippen LogP) is 1.09. The van der Waals surface area contributed by atoms with Gasteiger partial charge >= 0.3 is 0 Å². The van der Waals surface area contributed by atoms with Crippen LogP contribution in [0.5, 0.6) is 0 Å². The van der Waals surface area contributed by atoms with Crippen molar-refractivity contribution in [1.29, 1.82) is 0 Å². The van der Waals surface area contributed by atoms with Crippen molar-refractivity contribution < 1.29 is 13.2 Å². The van der Waals surface area contributed by atoms with E-state index in [4.69, 9.17) is 16.3 Å². The number of methoxy groups -OCH3 is 1. The summed E-state index contributed by atoms with van der Waals surface area (Å²) < 4.78 is 31.2. The fourth-order valence-electron chi connectivity index (χ4n) is 1.15. The Morgan fingerprint density at radius 2 is 2.22 bits per heavy atom. The molecule has 1 unspecified atom stereocenters. The molecule has 0 amide bonds. The van der Waals surface area contributed by atoms with E-state index < -0.39 is 10.0 Å². The maximum atomic E-state index is 11.9. The number of aromatic nitrogens is 1. The van der Waals surface area contributed by atoms with Crippen molar-refractivity contribution in [3.8, 4) is 0 Å². The highest BCUT2D eigenvalue weighted by Gasteiger charge is 2.17. The second-order valence-corrected chi connectivity index (χ2v) is 5.82. The first-order chi connectivity index (χ1) is 8.40. The topological polar surface area (TPSA) is 80.3 Å². The first kappa shape index (κ1) is 15.2. The summed E-state index contributed by atoms with van der Waals surface area (Å²) in [6.45, 7) is 1.95. The molecule has 0 spiro atoms. The standard InChI is InChI=1S/C10H16ClN3O3S/c1-7(17-3)5-14-18(15,16)8-4-9(11)10(12-2)13-6-8/h4,6-7,14H,5H2,1-3H3,(H,12,13). The first-order valence-corrected chi connectivity index (χ1v) is 7.12. The van der Waals surface area contributed by atoms with E-state index in [2.05, 4.69) is 15.0 Å². The lowest BCUT2D eigenvalue weighted by molar-refractivity contribution is 0.122. The third-order valence-corrected chi connectivity index (χ3v) is 4.01. The van der Waals surface area contributed by atoms with Gasteiger partial charge < -0.3 is 10.1 Å². The van der Waals surface area contributed by atoms with Crippen LogP contribution in [0, 0.1) is 0 Å². The number of hydrogen-bond donors (Lipinski definition) is 2. The Labute approximate surface area is 112 Å². The lowest BCUT2D eigenvalue weighted by Crippen LogP contribution is -2.31. The van der Waals surface area contributed by atoms with Crippen molar-refractivity contribution in [2.24, 2.45) is 0 Å². The molecule has 1 heterocycles. The van der Waals surface area contributed by atoms with E-state index >= 15 is 0 Å². The maximum absolute atomic E-state index is 11.9. The molecule has 8 heteroatoms. The number of pyridine rings is 1. The van der Waals surface area contributed by atoms with Gasteiger partial charge in [0.1, 0.15) is 10.7 Å². The van der Waals surface area contributed by atoms with Gasteiger partial charge in [0.25, 0.3) is 0 Å². The number of nitrogens with one attached hydrogen (secondary N) is 2. The van der Waals surface area contributed by atoms with Gasteiger partial charge in [-0.1, -0.05) is 11.6 Å². The van der Waals surface area contributed by atoms with Crippen LogP contribution in [0.2, 0.25) is 5.02 Å². The van der Waals surface area contributed by atoms with Gasteiger partial charge in [0.2, 0.25) is 10.0 Å². The Morgan fingerprint density at radius 1 is 1.56 bits per heavy atom. The summed E-state index contributed by atoms with van der Waals surface area (Å²) in [4.78, 5) is 3.94. The molecule has 0 aromatic carbocycles. The fourth-order valence-corrected chi connectivity index (χ4v) is 2.56. The van der Waals surface area contributed by atoms with Gasteiger partial charge in [-0.05, 0) is 13.0 Å². The molecule has 0 fully saturated rings. The van der Waals surface area contributed by atoms with Crippen LogP contribution in [-0.2, 0) is 14.8 Å². The summed E-state index contributed by atoms with van der Waals surface area (Å²) in [5.41, 5.74) is 0. The molecule has 1 aromatic heterocycles. The van der Waals surface area contributed by atoms with Crippen molar-refractivity contribution in [3.63, 3.8) is 0 Å². The van der Waals surface area contributed by atoms with E-state index in [9.17, 15) is 8.42 Å². The molecule has 0 aliphatic carbocycles. The van der Waals surface area contributed by atoms with Gasteiger partial charge in [-0.25, -0.2) is 18.1 Å². The Morgan fingerprint density at radius 3 is 2.72 bits per heavy atom. The molecular weight excluding hydrogens is 278 g/mol. The number of ether oxygens (including phenoxy) is 1. The lowest BCUT2D eigenvalue weighted by Gasteiger charge is -2.12. The van der Waals surface area contributed by atoms with Gasteiger partial charge in [0, 0.05) is 26.9 Å². The maximum Gasteiger partial charge on any atom is 0.242 e. The van der Waals surface area contributed by atoms with Gasteiger partial charge in [-0.2, -0.15) is 0 Å². The molecule has 6 nitrogen and oxygen atoms in total. The fraction of sp³-hybridized carbons (Fsp3) is 0.500. The third kappa shape index (κ3) is 3.81. The molecule has 1 rings (SSSR count). The van der Waals surface area contributed by atoms with E-state index in [-0.39, 0.29) is 22.6 Å². The van der Waals surface area contributed by atoms with E-state index in [0.717, 1.165) is 0 Å². The highest BCUT2D eigenvalue weighted by atomic mass is 35.5. The summed E-state index contributed by atoms with van der Waals surface area (Å²) in [6, 6.07) is 1.35. The molecule has 18 heavy (non-hydrogen) atoms. The number of halogens is 1. The Bertz CT molecular complexity index is 507. The molecule has 0 saturated heterocycles. The van der Waals surface area contributed by atoms with Crippen molar-refractivity contribution in [1.82, 2.24) is 9.71 Å². The summed E-state index contributed by atoms with van der Waals surface area (Å²) in [7, 11) is -0.451. The van der Waals surface area contributed by atoms with Gasteiger partial charge in [0.05, 0.1) is 11.1 Å². The van der Waals surface area contributed by atoms with Crippen molar-refractivity contribution in [2.75, 3.05) is 26.0 Å². The monoisotopic (exact) mass is 293 g/mol. The number of nitrogens with zero attached hydrogens (tertiary/aromatic N) is 1. The molecule has 0 aliphatic rings. The van der Waals surface area contributed by atoms with Crippen molar-refractivity contribution >= 4 is 27.4 Å². The second kappa shape index (κ2) is 6.33. The molecule has 1 aromatic rings. The summed E-state index contributed by atoms with van der Waals surface area (Å²) in [6.07, 6.45) is 1.04. The van der Waals surface area contributed by atoms with Crippen LogP contribution < -0.4 is 10.0 Å². The largest absolute Gasteiger partial charge is 0.380 e. The molecule has 0 bridgehead atoms. The Hall–Kier alpha value is -0.890. The summed E-state index contributed by atoms with van der Waals surface area (Å²) in [5, 5.41) is 3.01. The van der Waals surface area contributed by atoms with Crippen LogP contribution in [0.3, 0.4) is 0 Å². The van der Waals surface area contributed by atoms with Crippen LogP contribution in [0.25, 0.3) is 0 Å². The molecule has 2 N–H and O–H groups in total. The van der Waals surface area contributed by atoms with E-state index in [1.54, 1.807) is 14.0 Å². The zero-order valence-electron chi connectivity index (χ0n) is 10.4. The number of sulfonamides is 1.